The highest BCUT2D eigenvalue weighted by Gasteiger charge is 2.41. The van der Waals surface area contributed by atoms with Crippen molar-refractivity contribution in [1.82, 2.24) is 15.0 Å². The predicted octanol–water partition coefficient (Wildman–Crippen LogP) is 4.95. The Morgan fingerprint density at radius 3 is 1.66 bits per heavy atom. The van der Waals surface area contributed by atoms with Crippen LogP contribution in [-0.4, -0.2) is 32.5 Å². The van der Waals surface area contributed by atoms with E-state index in [-0.39, 0.29) is 11.8 Å². The van der Waals surface area contributed by atoms with E-state index >= 15 is 0 Å². The lowest BCUT2D eigenvalue weighted by Gasteiger charge is -2.06. The molecule has 0 bridgehead atoms. The molecule has 140 valence electrons. The van der Waals surface area contributed by atoms with Crippen molar-refractivity contribution in [3.63, 3.8) is 0 Å². The van der Waals surface area contributed by atoms with Gasteiger partial charge in [-0.2, -0.15) is 10.1 Å². The minimum Gasteiger partial charge on any atom is -0.353 e. The Hall–Kier alpha value is -3.93. The summed E-state index contributed by atoms with van der Waals surface area (Å²) >= 11 is 0. The molecule has 3 aromatic carbocycles. The molecule has 2 aromatic heterocycles. The molecule has 0 saturated heterocycles. The molecule has 1 aliphatic heterocycles. The van der Waals surface area contributed by atoms with Gasteiger partial charge in [-0.25, -0.2) is 0 Å². The molecule has 6 rings (SSSR count). The third kappa shape index (κ3) is 1.92. The number of aromatic nitrogens is 2. The summed E-state index contributed by atoms with van der Waals surface area (Å²) in [7, 11) is 0. The van der Waals surface area contributed by atoms with Gasteiger partial charge in [0.2, 0.25) is 0 Å². The highest BCUT2D eigenvalue weighted by molar-refractivity contribution is 6.39. The van der Waals surface area contributed by atoms with Crippen LogP contribution in [0.25, 0.3) is 43.6 Å². The zero-order chi connectivity index (χ0) is 19.9. The maximum Gasteiger partial charge on any atom is 0.283 e. The highest BCUT2D eigenvalue weighted by atomic mass is 16.2. The van der Waals surface area contributed by atoms with E-state index in [4.69, 9.17) is 0 Å². The molecule has 29 heavy (non-hydrogen) atoms. The number of imide groups is 1. The quantitative estimate of drug-likeness (QED) is 0.319. The van der Waals surface area contributed by atoms with Crippen LogP contribution in [0.3, 0.4) is 0 Å². The van der Waals surface area contributed by atoms with Gasteiger partial charge in [0, 0.05) is 38.3 Å². The topological polar surface area (TPSA) is 81.3 Å². The number of fused-ring (bicyclic) bond motifs is 10. The van der Waals surface area contributed by atoms with Crippen LogP contribution in [0.15, 0.2) is 53.6 Å². The van der Waals surface area contributed by atoms with E-state index in [1.54, 1.807) is 13.8 Å². The third-order valence-electron chi connectivity index (χ3n) is 5.52. The van der Waals surface area contributed by atoms with Crippen LogP contribution >= 0.6 is 0 Å². The molecule has 0 saturated carbocycles. The number of hydrogen-bond acceptors (Lipinski definition) is 3. The zero-order valence-electron chi connectivity index (χ0n) is 15.8. The largest absolute Gasteiger partial charge is 0.353 e. The van der Waals surface area contributed by atoms with Crippen LogP contribution in [-0.2, 0) is 0 Å². The van der Waals surface area contributed by atoms with Crippen molar-refractivity contribution in [2.75, 3.05) is 0 Å². The van der Waals surface area contributed by atoms with Crippen molar-refractivity contribution in [2.24, 2.45) is 5.10 Å². The molecule has 0 unspecified atom stereocenters. The number of H-pyrrole nitrogens is 2. The lowest BCUT2D eigenvalue weighted by molar-refractivity contribution is 0.0660. The van der Waals surface area contributed by atoms with Gasteiger partial charge in [-0.15, -0.1) is 0 Å². The second-order valence-electron chi connectivity index (χ2n) is 7.56. The van der Waals surface area contributed by atoms with Crippen LogP contribution in [0.1, 0.15) is 34.6 Å². The predicted molar refractivity (Wildman–Crippen MR) is 114 cm³/mol. The summed E-state index contributed by atoms with van der Waals surface area (Å²) < 4.78 is 0. The molecule has 0 fully saturated rings. The fraction of sp³-hybridized carbons (Fsp3) is 0.0870. The Morgan fingerprint density at radius 2 is 1.21 bits per heavy atom. The average Bonchev–Trinajstić information content (AvgIpc) is 3.34. The summed E-state index contributed by atoms with van der Waals surface area (Å²) in [6.07, 6.45) is 0. The van der Waals surface area contributed by atoms with Gasteiger partial charge in [-0.1, -0.05) is 36.4 Å². The standard InChI is InChI=1S/C23H16N4O2/c1-11(2)26-27-22(28)18-16-12-7-3-5-9-14(12)24-20(16)21-17(19(18)23(27)29)13-8-4-6-10-15(13)25-21/h3-10,24-25H,1-2H3. The first kappa shape index (κ1) is 16.1. The first-order chi connectivity index (χ1) is 14.1. The van der Waals surface area contributed by atoms with Crippen LogP contribution in [0, 0.1) is 0 Å². The van der Waals surface area contributed by atoms with Crippen molar-refractivity contribution in [3.8, 4) is 0 Å². The number of rotatable bonds is 1. The van der Waals surface area contributed by atoms with Crippen LogP contribution in [0.4, 0.5) is 0 Å². The number of nitrogens with one attached hydrogen (secondary N) is 2. The van der Waals surface area contributed by atoms with Gasteiger partial charge in [0.05, 0.1) is 22.2 Å². The lowest BCUT2D eigenvalue weighted by Crippen LogP contribution is -2.24. The van der Waals surface area contributed by atoms with Crippen molar-refractivity contribution in [2.45, 2.75) is 13.8 Å². The molecular weight excluding hydrogens is 364 g/mol. The molecule has 5 aromatic rings. The molecule has 2 N–H and O–H groups in total. The molecule has 3 heterocycles. The minimum atomic E-state index is -0.381. The summed E-state index contributed by atoms with van der Waals surface area (Å²) in [6.45, 7) is 3.54. The molecular formula is C23H16N4O2. The first-order valence-corrected chi connectivity index (χ1v) is 9.43. The second kappa shape index (κ2) is 5.32. The molecule has 1 aliphatic rings. The highest BCUT2D eigenvalue weighted by Crippen LogP contribution is 2.43. The summed E-state index contributed by atoms with van der Waals surface area (Å²) in [4.78, 5) is 33.7. The maximum absolute atomic E-state index is 13.4. The van der Waals surface area contributed by atoms with Gasteiger partial charge < -0.3 is 9.97 Å². The number of carbonyl (C=O) groups is 2. The number of para-hydroxylation sites is 2. The maximum atomic E-state index is 13.4. The lowest BCUT2D eigenvalue weighted by atomic mass is 9.97. The molecule has 6 heteroatoms. The summed E-state index contributed by atoms with van der Waals surface area (Å²) in [5.41, 5.74) is 4.99. The van der Waals surface area contributed by atoms with Crippen molar-refractivity contribution in [1.29, 1.82) is 0 Å². The number of nitrogens with zero attached hydrogens (tertiary/aromatic N) is 2. The number of hydrazone groups is 1. The Kier molecular flexibility index (Phi) is 2.95. The summed E-state index contributed by atoms with van der Waals surface area (Å²) in [5, 5.41) is 8.59. The first-order valence-electron chi connectivity index (χ1n) is 9.43. The van der Waals surface area contributed by atoms with Gasteiger partial charge in [-0.3, -0.25) is 9.59 Å². The SMILES string of the molecule is CC(C)=NN1C(=O)c2c(c3c4ccccc4[nH]c3c3[nH]c4ccccc4c23)C1=O. The number of benzene rings is 3. The Morgan fingerprint density at radius 1 is 0.759 bits per heavy atom. The number of carbonyl (C=O) groups excluding carboxylic acids is 2. The molecule has 0 radical (unpaired) electrons. The zero-order valence-corrected chi connectivity index (χ0v) is 15.8. The molecule has 2 amide bonds. The number of aromatic amines is 2. The van der Waals surface area contributed by atoms with Gasteiger partial charge >= 0.3 is 0 Å². The van der Waals surface area contributed by atoms with Crippen molar-refractivity contribution < 1.29 is 9.59 Å². The molecule has 0 spiro atoms. The summed E-state index contributed by atoms with van der Waals surface area (Å²) in [5.74, 6) is -0.763. The van der Waals surface area contributed by atoms with E-state index < -0.39 is 0 Å². The minimum absolute atomic E-state index is 0.381. The van der Waals surface area contributed by atoms with E-state index in [0.717, 1.165) is 48.6 Å². The van der Waals surface area contributed by atoms with Crippen molar-refractivity contribution >= 4 is 61.1 Å². The van der Waals surface area contributed by atoms with Gasteiger partial charge in [-0.05, 0) is 26.0 Å². The van der Waals surface area contributed by atoms with Gasteiger partial charge in [0.15, 0.2) is 0 Å². The van der Waals surface area contributed by atoms with Crippen LogP contribution < -0.4 is 0 Å². The molecule has 0 aliphatic carbocycles. The van der Waals surface area contributed by atoms with Crippen LogP contribution in [0.2, 0.25) is 0 Å². The van der Waals surface area contributed by atoms with E-state index in [9.17, 15) is 9.59 Å². The monoisotopic (exact) mass is 380 g/mol. The fourth-order valence-corrected chi connectivity index (χ4v) is 4.45. The average molecular weight is 380 g/mol. The molecule has 6 nitrogen and oxygen atoms in total. The van der Waals surface area contributed by atoms with Crippen LogP contribution in [0.5, 0.6) is 0 Å². The van der Waals surface area contributed by atoms with Gasteiger partial charge in [0.25, 0.3) is 11.8 Å². The normalized spacial score (nSPS) is 13.9. The smallest absolute Gasteiger partial charge is 0.283 e. The van der Waals surface area contributed by atoms with E-state index in [1.807, 2.05) is 48.5 Å². The fourth-order valence-electron chi connectivity index (χ4n) is 4.45. The Bertz CT molecular complexity index is 1460. The number of amides is 2. The molecule has 0 atom stereocenters. The van der Waals surface area contributed by atoms with Gasteiger partial charge in [0.1, 0.15) is 0 Å². The van der Waals surface area contributed by atoms with E-state index in [1.165, 1.54) is 0 Å². The third-order valence-corrected chi connectivity index (χ3v) is 5.52. The summed E-state index contributed by atoms with van der Waals surface area (Å²) in [6, 6.07) is 15.7. The van der Waals surface area contributed by atoms with E-state index in [2.05, 4.69) is 15.1 Å². The number of hydrogen-bond donors (Lipinski definition) is 2. The Labute approximate surface area is 164 Å². The second-order valence-corrected chi connectivity index (χ2v) is 7.56. The van der Waals surface area contributed by atoms with Crippen molar-refractivity contribution in [3.05, 3.63) is 59.7 Å². The Balaban J connectivity index is 1.91. The van der Waals surface area contributed by atoms with E-state index in [0.29, 0.717) is 16.8 Å².